The van der Waals surface area contributed by atoms with Crippen molar-refractivity contribution in [2.75, 3.05) is 19.8 Å². The van der Waals surface area contributed by atoms with Crippen LogP contribution in [0.3, 0.4) is 0 Å². The summed E-state index contributed by atoms with van der Waals surface area (Å²) in [5.41, 5.74) is 0. The molecule has 1 saturated carbocycles. The summed E-state index contributed by atoms with van der Waals surface area (Å²) in [4.78, 5) is 11.2. The fourth-order valence-corrected chi connectivity index (χ4v) is 3.51. The van der Waals surface area contributed by atoms with Gasteiger partial charge in [-0.15, -0.1) is 0 Å². The number of carbonyl (C=O) groups is 1. The zero-order valence-corrected chi connectivity index (χ0v) is 11.7. The maximum absolute atomic E-state index is 11.2. The first-order valence-corrected chi connectivity index (χ1v) is 7.66. The van der Waals surface area contributed by atoms with Gasteiger partial charge in [0.15, 0.2) is 5.79 Å². The van der Waals surface area contributed by atoms with E-state index in [1.807, 2.05) is 0 Å². The van der Waals surface area contributed by atoms with E-state index in [1.54, 1.807) is 0 Å². The Morgan fingerprint density at radius 3 is 2.47 bits per heavy atom. The molecule has 0 amide bonds. The zero-order chi connectivity index (χ0) is 13.6. The quantitative estimate of drug-likeness (QED) is 0.543. The minimum Gasteiger partial charge on any atom is -0.396 e. The average molecular weight is 270 g/mol. The van der Waals surface area contributed by atoms with Gasteiger partial charge in [-0.25, -0.2) is 0 Å². The van der Waals surface area contributed by atoms with Gasteiger partial charge >= 0.3 is 0 Å². The Balaban J connectivity index is 1.76. The number of aliphatic hydroxyl groups excluding tert-OH is 1. The maximum Gasteiger partial charge on any atom is 0.171 e. The Morgan fingerprint density at radius 2 is 1.79 bits per heavy atom. The van der Waals surface area contributed by atoms with Crippen molar-refractivity contribution in [3.8, 4) is 0 Å². The van der Waals surface area contributed by atoms with Crippen molar-refractivity contribution in [1.82, 2.24) is 0 Å². The van der Waals surface area contributed by atoms with Crippen LogP contribution >= 0.6 is 0 Å². The lowest BCUT2D eigenvalue weighted by Crippen LogP contribution is -2.37. The maximum atomic E-state index is 11.2. The summed E-state index contributed by atoms with van der Waals surface area (Å²) >= 11 is 0. The van der Waals surface area contributed by atoms with Crippen molar-refractivity contribution in [2.24, 2.45) is 11.8 Å². The molecule has 1 N–H and O–H groups in total. The standard InChI is InChI=1S/C15H26O4/c16-9-5-3-1-2-4-6-14-13(12-17)7-8-15(14)18-10-11-19-15/h12-14,16H,1-11H2. The van der Waals surface area contributed by atoms with Crippen LogP contribution in [0.2, 0.25) is 0 Å². The van der Waals surface area contributed by atoms with Crippen LogP contribution in [0.25, 0.3) is 0 Å². The number of hydrogen-bond acceptors (Lipinski definition) is 4. The summed E-state index contributed by atoms with van der Waals surface area (Å²) in [6.45, 7) is 1.62. The van der Waals surface area contributed by atoms with E-state index in [0.29, 0.717) is 19.8 Å². The van der Waals surface area contributed by atoms with E-state index in [4.69, 9.17) is 14.6 Å². The topological polar surface area (TPSA) is 55.8 Å². The first-order chi connectivity index (χ1) is 9.32. The number of ether oxygens (including phenoxy) is 2. The van der Waals surface area contributed by atoms with Crippen LogP contribution in [-0.2, 0) is 14.3 Å². The van der Waals surface area contributed by atoms with Gasteiger partial charge in [0, 0.05) is 24.9 Å². The molecule has 110 valence electrons. The van der Waals surface area contributed by atoms with Crippen molar-refractivity contribution in [1.29, 1.82) is 0 Å². The summed E-state index contributed by atoms with van der Waals surface area (Å²) in [5.74, 6) is -0.0997. The molecule has 1 saturated heterocycles. The highest BCUT2D eigenvalue weighted by atomic mass is 16.7. The highest BCUT2D eigenvalue weighted by Crippen LogP contribution is 2.47. The van der Waals surface area contributed by atoms with Crippen molar-refractivity contribution < 1.29 is 19.4 Å². The summed E-state index contributed by atoms with van der Waals surface area (Å²) in [7, 11) is 0. The molecule has 0 aromatic rings. The van der Waals surface area contributed by atoms with Gasteiger partial charge in [0.2, 0.25) is 0 Å². The van der Waals surface area contributed by atoms with Gasteiger partial charge in [-0.1, -0.05) is 25.7 Å². The third kappa shape index (κ3) is 3.56. The zero-order valence-electron chi connectivity index (χ0n) is 11.7. The first-order valence-electron chi connectivity index (χ1n) is 7.66. The fraction of sp³-hybridized carbons (Fsp3) is 0.933. The molecule has 19 heavy (non-hydrogen) atoms. The number of rotatable bonds is 8. The Hall–Kier alpha value is -0.450. The molecule has 1 aliphatic carbocycles. The van der Waals surface area contributed by atoms with E-state index in [2.05, 4.69) is 0 Å². The average Bonchev–Trinajstić information content (AvgIpc) is 3.03. The second-order valence-corrected chi connectivity index (χ2v) is 5.73. The highest BCUT2D eigenvalue weighted by Gasteiger charge is 2.52. The lowest BCUT2D eigenvalue weighted by molar-refractivity contribution is -0.187. The molecule has 2 atom stereocenters. The molecule has 0 aromatic heterocycles. The predicted octanol–water partition coefficient (Wildman–Crippen LogP) is 2.29. The summed E-state index contributed by atoms with van der Waals surface area (Å²) in [6.07, 6.45) is 9.32. The summed E-state index contributed by atoms with van der Waals surface area (Å²) in [5, 5.41) is 8.73. The molecule has 1 aliphatic heterocycles. The normalized spacial score (nSPS) is 29.1. The van der Waals surface area contributed by atoms with Gasteiger partial charge in [-0.3, -0.25) is 0 Å². The molecular weight excluding hydrogens is 244 g/mol. The van der Waals surface area contributed by atoms with Crippen LogP contribution in [0.4, 0.5) is 0 Å². The molecule has 4 heteroatoms. The highest BCUT2D eigenvalue weighted by molar-refractivity contribution is 5.55. The number of unbranched alkanes of at least 4 members (excludes halogenated alkanes) is 4. The van der Waals surface area contributed by atoms with Gasteiger partial charge in [0.1, 0.15) is 6.29 Å². The van der Waals surface area contributed by atoms with Gasteiger partial charge in [-0.05, 0) is 19.3 Å². The van der Waals surface area contributed by atoms with Gasteiger partial charge in [0.05, 0.1) is 13.2 Å². The Bertz CT molecular complexity index is 273. The lowest BCUT2D eigenvalue weighted by atomic mass is 9.88. The molecule has 4 nitrogen and oxygen atoms in total. The molecular formula is C15H26O4. The van der Waals surface area contributed by atoms with Crippen molar-refractivity contribution in [3.05, 3.63) is 0 Å². The third-order valence-corrected chi connectivity index (χ3v) is 4.53. The Morgan fingerprint density at radius 1 is 1.11 bits per heavy atom. The van der Waals surface area contributed by atoms with E-state index in [-0.39, 0.29) is 11.8 Å². The second kappa shape index (κ2) is 7.36. The minimum absolute atomic E-state index is 0.107. The van der Waals surface area contributed by atoms with Crippen molar-refractivity contribution in [2.45, 2.75) is 57.2 Å². The monoisotopic (exact) mass is 270 g/mol. The second-order valence-electron chi connectivity index (χ2n) is 5.73. The first kappa shape index (κ1) is 14.9. The van der Waals surface area contributed by atoms with Crippen LogP contribution in [0.5, 0.6) is 0 Å². The molecule has 2 unspecified atom stereocenters. The van der Waals surface area contributed by atoms with Crippen LogP contribution < -0.4 is 0 Å². The predicted molar refractivity (Wildman–Crippen MR) is 71.7 cm³/mol. The largest absolute Gasteiger partial charge is 0.396 e. The number of aldehydes is 1. The fourth-order valence-electron chi connectivity index (χ4n) is 3.51. The molecule has 2 fully saturated rings. The van der Waals surface area contributed by atoms with Crippen LogP contribution in [-0.4, -0.2) is 37.0 Å². The van der Waals surface area contributed by atoms with E-state index in [0.717, 1.165) is 57.7 Å². The van der Waals surface area contributed by atoms with Crippen LogP contribution in [0.1, 0.15) is 51.4 Å². The third-order valence-electron chi connectivity index (χ3n) is 4.53. The van der Waals surface area contributed by atoms with Gasteiger partial charge in [0.25, 0.3) is 0 Å². The SMILES string of the molecule is O=CC1CCC2(OCCO2)C1CCCCCCCO. The van der Waals surface area contributed by atoms with E-state index < -0.39 is 5.79 Å². The van der Waals surface area contributed by atoms with Crippen LogP contribution in [0, 0.1) is 11.8 Å². The Labute approximate surface area is 115 Å². The number of aliphatic hydroxyl groups is 1. The smallest absolute Gasteiger partial charge is 0.171 e. The van der Waals surface area contributed by atoms with Gasteiger partial charge < -0.3 is 19.4 Å². The number of hydrogen-bond donors (Lipinski definition) is 1. The molecule has 0 bridgehead atoms. The lowest BCUT2D eigenvalue weighted by Gasteiger charge is -2.30. The van der Waals surface area contributed by atoms with E-state index >= 15 is 0 Å². The number of carbonyl (C=O) groups excluding carboxylic acids is 1. The van der Waals surface area contributed by atoms with Gasteiger partial charge in [-0.2, -0.15) is 0 Å². The molecule has 2 rings (SSSR count). The van der Waals surface area contributed by atoms with E-state index in [1.165, 1.54) is 0 Å². The van der Waals surface area contributed by atoms with E-state index in [9.17, 15) is 4.79 Å². The van der Waals surface area contributed by atoms with Crippen molar-refractivity contribution in [3.63, 3.8) is 0 Å². The molecule has 1 spiro atoms. The minimum atomic E-state index is -0.448. The van der Waals surface area contributed by atoms with Crippen LogP contribution in [0.15, 0.2) is 0 Å². The molecule has 0 aromatic carbocycles. The molecule has 1 heterocycles. The van der Waals surface area contributed by atoms with Crippen molar-refractivity contribution >= 4 is 6.29 Å². The molecule has 2 aliphatic rings. The summed E-state index contributed by atoms with van der Waals surface area (Å²) < 4.78 is 11.7. The molecule has 0 radical (unpaired) electrons. The summed E-state index contributed by atoms with van der Waals surface area (Å²) in [6, 6.07) is 0. The Kier molecular flexibility index (Phi) is 5.79.